The molecule has 15 heavy (non-hydrogen) atoms. The van der Waals surface area contributed by atoms with Gasteiger partial charge in [-0.05, 0) is 0 Å². The van der Waals surface area contributed by atoms with Gasteiger partial charge in [-0.3, -0.25) is 9.89 Å². The number of ether oxygens (including phenoxy) is 1. The molecule has 0 fully saturated rings. The number of amides is 1. The summed E-state index contributed by atoms with van der Waals surface area (Å²) in [6, 6.07) is -1.06. The number of hydrogen-bond acceptors (Lipinski definition) is 5. The van der Waals surface area contributed by atoms with Crippen LogP contribution in [-0.2, 0) is 9.53 Å². The van der Waals surface area contributed by atoms with E-state index in [0.29, 0.717) is 0 Å². The summed E-state index contributed by atoms with van der Waals surface area (Å²) in [5, 5.41) is 17.2. The Morgan fingerprint density at radius 1 is 1.73 bits per heavy atom. The van der Waals surface area contributed by atoms with Gasteiger partial charge in [0.15, 0.2) is 6.04 Å². The van der Waals surface area contributed by atoms with Gasteiger partial charge >= 0.3 is 5.97 Å². The zero-order valence-electron chi connectivity index (χ0n) is 8.06. The first-order chi connectivity index (χ1) is 7.19. The van der Waals surface area contributed by atoms with Crippen molar-refractivity contribution in [2.75, 3.05) is 13.7 Å². The summed E-state index contributed by atoms with van der Waals surface area (Å²) in [6.45, 7) is -0.518. The van der Waals surface area contributed by atoms with Gasteiger partial charge in [-0.2, -0.15) is 5.10 Å². The summed E-state index contributed by atoms with van der Waals surface area (Å²) < 4.78 is 4.38. The third-order valence-electron chi connectivity index (χ3n) is 1.73. The summed E-state index contributed by atoms with van der Waals surface area (Å²) >= 11 is 0. The van der Waals surface area contributed by atoms with E-state index >= 15 is 0 Å². The first kappa shape index (κ1) is 11.2. The maximum atomic E-state index is 11.4. The van der Waals surface area contributed by atoms with Crippen LogP contribution >= 0.6 is 0 Å². The Balaban J connectivity index is 2.60. The number of rotatable bonds is 4. The predicted molar refractivity (Wildman–Crippen MR) is 48.9 cm³/mol. The van der Waals surface area contributed by atoms with E-state index in [9.17, 15) is 9.59 Å². The normalized spacial score (nSPS) is 11.9. The van der Waals surface area contributed by atoms with Crippen molar-refractivity contribution in [3.63, 3.8) is 0 Å². The number of H-pyrrole nitrogens is 1. The Morgan fingerprint density at radius 2 is 2.47 bits per heavy atom. The molecule has 0 aliphatic heterocycles. The fourth-order valence-corrected chi connectivity index (χ4v) is 0.938. The minimum absolute atomic E-state index is 0.275. The van der Waals surface area contributed by atoms with Crippen LogP contribution in [0.4, 0.5) is 0 Å². The van der Waals surface area contributed by atoms with E-state index < -0.39 is 24.5 Å². The van der Waals surface area contributed by atoms with Gasteiger partial charge in [-0.15, -0.1) is 0 Å². The highest BCUT2D eigenvalue weighted by atomic mass is 16.5. The van der Waals surface area contributed by atoms with Crippen molar-refractivity contribution < 1.29 is 19.4 Å². The van der Waals surface area contributed by atoms with Crippen LogP contribution in [0.25, 0.3) is 0 Å². The second kappa shape index (κ2) is 5.11. The van der Waals surface area contributed by atoms with Crippen molar-refractivity contribution in [3.05, 3.63) is 18.0 Å². The van der Waals surface area contributed by atoms with E-state index in [1.54, 1.807) is 0 Å². The van der Waals surface area contributed by atoms with Crippen molar-refractivity contribution in [3.8, 4) is 0 Å². The van der Waals surface area contributed by atoms with Crippen LogP contribution in [0.15, 0.2) is 12.4 Å². The van der Waals surface area contributed by atoms with Gasteiger partial charge in [-0.25, -0.2) is 4.79 Å². The topological polar surface area (TPSA) is 104 Å². The van der Waals surface area contributed by atoms with E-state index in [1.807, 2.05) is 0 Å². The molecule has 0 bridgehead atoms. The van der Waals surface area contributed by atoms with E-state index in [2.05, 4.69) is 20.3 Å². The van der Waals surface area contributed by atoms with Gasteiger partial charge in [0.1, 0.15) is 0 Å². The van der Waals surface area contributed by atoms with Gasteiger partial charge in [0, 0.05) is 6.20 Å². The zero-order valence-corrected chi connectivity index (χ0v) is 8.06. The maximum Gasteiger partial charge on any atom is 0.330 e. The second-order valence-electron chi connectivity index (χ2n) is 2.72. The van der Waals surface area contributed by atoms with Crippen molar-refractivity contribution >= 4 is 11.9 Å². The van der Waals surface area contributed by atoms with Crippen molar-refractivity contribution in [1.29, 1.82) is 0 Å². The Kier molecular flexibility index (Phi) is 3.81. The third-order valence-corrected chi connectivity index (χ3v) is 1.73. The largest absolute Gasteiger partial charge is 0.467 e. The number of nitrogens with zero attached hydrogens (tertiary/aromatic N) is 1. The average molecular weight is 213 g/mol. The molecule has 0 saturated carbocycles. The SMILES string of the molecule is COC(=O)C(CO)NC(=O)c1cn[nH]c1. The number of aromatic amines is 1. The number of hydrogen-bond donors (Lipinski definition) is 3. The molecule has 1 aromatic rings. The van der Waals surface area contributed by atoms with E-state index in [-0.39, 0.29) is 5.56 Å². The number of aliphatic hydroxyl groups is 1. The zero-order chi connectivity index (χ0) is 11.3. The van der Waals surface area contributed by atoms with Crippen molar-refractivity contribution in [1.82, 2.24) is 15.5 Å². The highest BCUT2D eigenvalue weighted by molar-refractivity contribution is 5.96. The monoisotopic (exact) mass is 213 g/mol. The molecule has 1 aromatic heterocycles. The van der Waals surface area contributed by atoms with Crippen molar-refractivity contribution in [2.24, 2.45) is 0 Å². The molecule has 1 heterocycles. The van der Waals surface area contributed by atoms with Gasteiger partial charge in [0.2, 0.25) is 0 Å². The number of carbonyl (C=O) groups is 2. The Labute approximate surface area is 85.4 Å². The average Bonchev–Trinajstić information content (AvgIpc) is 2.77. The number of esters is 1. The van der Waals surface area contributed by atoms with Crippen LogP contribution < -0.4 is 5.32 Å². The highest BCUT2D eigenvalue weighted by Gasteiger charge is 2.21. The Morgan fingerprint density at radius 3 is 2.93 bits per heavy atom. The quantitative estimate of drug-likeness (QED) is 0.538. The lowest BCUT2D eigenvalue weighted by Crippen LogP contribution is -2.43. The minimum Gasteiger partial charge on any atom is -0.467 e. The maximum absolute atomic E-state index is 11.4. The van der Waals surface area contributed by atoms with Crippen LogP contribution in [0.5, 0.6) is 0 Å². The molecule has 0 spiro atoms. The van der Waals surface area contributed by atoms with E-state index in [0.717, 1.165) is 0 Å². The molecule has 1 unspecified atom stereocenters. The molecule has 0 aliphatic rings. The standard InChI is InChI=1S/C8H11N3O4/c1-15-8(14)6(4-12)11-7(13)5-2-9-10-3-5/h2-3,6,12H,4H2,1H3,(H,9,10)(H,11,13). The molecule has 82 valence electrons. The Bertz CT molecular complexity index is 336. The minimum atomic E-state index is -1.06. The van der Waals surface area contributed by atoms with Gasteiger partial charge < -0.3 is 15.2 Å². The molecule has 7 heteroatoms. The summed E-state index contributed by atoms with van der Waals surface area (Å²) in [4.78, 5) is 22.4. The number of aromatic nitrogens is 2. The molecule has 1 amide bonds. The highest BCUT2D eigenvalue weighted by Crippen LogP contribution is 1.95. The van der Waals surface area contributed by atoms with Crippen LogP contribution in [0, 0.1) is 0 Å². The van der Waals surface area contributed by atoms with Gasteiger partial charge in [-0.1, -0.05) is 0 Å². The molecule has 0 saturated heterocycles. The summed E-state index contributed by atoms with van der Waals surface area (Å²) in [6.07, 6.45) is 2.68. The summed E-state index contributed by atoms with van der Waals surface area (Å²) in [5.41, 5.74) is 0.275. The number of methoxy groups -OCH3 is 1. The number of nitrogens with one attached hydrogen (secondary N) is 2. The lowest BCUT2D eigenvalue weighted by Gasteiger charge is -2.12. The predicted octanol–water partition coefficient (Wildman–Crippen LogP) is -1.33. The molecule has 3 N–H and O–H groups in total. The molecule has 1 rings (SSSR count). The Hall–Kier alpha value is -1.89. The molecule has 0 radical (unpaired) electrons. The van der Waals surface area contributed by atoms with E-state index in [4.69, 9.17) is 5.11 Å². The molecule has 7 nitrogen and oxygen atoms in total. The summed E-state index contributed by atoms with van der Waals surface area (Å²) in [5.74, 6) is -1.21. The fourth-order valence-electron chi connectivity index (χ4n) is 0.938. The molecule has 0 aromatic carbocycles. The number of carbonyl (C=O) groups excluding carboxylic acids is 2. The van der Waals surface area contributed by atoms with Crippen LogP contribution in [0.3, 0.4) is 0 Å². The van der Waals surface area contributed by atoms with Crippen LogP contribution in [0.1, 0.15) is 10.4 Å². The van der Waals surface area contributed by atoms with Crippen molar-refractivity contribution in [2.45, 2.75) is 6.04 Å². The van der Waals surface area contributed by atoms with Gasteiger partial charge in [0.05, 0.1) is 25.5 Å². The molecule has 0 aliphatic carbocycles. The first-order valence-electron chi connectivity index (χ1n) is 4.17. The van der Waals surface area contributed by atoms with Gasteiger partial charge in [0.25, 0.3) is 5.91 Å². The lowest BCUT2D eigenvalue weighted by molar-refractivity contribution is -0.143. The second-order valence-corrected chi connectivity index (χ2v) is 2.72. The van der Waals surface area contributed by atoms with Crippen LogP contribution in [-0.4, -0.2) is 46.9 Å². The molecular formula is C8H11N3O4. The number of aliphatic hydroxyl groups excluding tert-OH is 1. The summed E-state index contributed by atoms with van der Waals surface area (Å²) in [7, 11) is 1.18. The molecular weight excluding hydrogens is 202 g/mol. The van der Waals surface area contributed by atoms with E-state index in [1.165, 1.54) is 19.5 Å². The van der Waals surface area contributed by atoms with Crippen LogP contribution in [0.2, 0.25) is 0 Å². The first-order valence-corrected chi connectivity index (χ1v) is 4.17. The fraction of sp³-hybridized carbons (Fsp3) is 0.375. The third kappa shape index (κ3) is 2.78. The smallest absolute Gasteiger partial charge is 0.330 e. The molecule has 1 atom stereocenters. The lowest BCUT2D eigenvalue weighted by atomic mass is 10.2.